The number of carbonyl (C=O) groups is 1. The van der Waals surface area contributed by atoms with E-state index in [2.05, 4.69) is 10.1 Å². The first-order valence-corrected chi connectivity index (χ1v) is 10.8. The normalized spacial score (nSPS) is 15.4. The first-order chi connectivity index (χ1) is 13.9. The monoisotopic (exact) mass is 433 g/mol. The van der Waals surface area contributed by atoms with Crippen LogP contribution in [0.2, 0.25) is 5.02 Å². The lowest BCUT2D eigenvalue weighted by atomic mass is 10.2. The molecule has 1 aromatic heterocycles. The fraction of sp³-hybridized carbons (Fsp3) is 0.211. The van der Waals surface area contributed by atoms with Crippen LogP contribution < -0.4 is 4.31 Å². The highest BCUT2D eigenvalue weighted by molar-refractivity contribution is 7.93. The summed E-state index contributed by atoms with van der Waals surface area (Å²) < 4.78 is 35.8. The van der Waals surface area contributed by atoms with Gasteiger partial charge in [0.25, 0.3) is 5.89 Å². The molecule has 10 heteroatoms. The largest absolute Gasteiger partial charge is 0.452 e. The highest BCUT2D eigenvalue weighted by Gasteiger charge is 2.28. The Labute approximate surface area is 172 Å². The van der Waals surface area contributed by atoms with Crippen molar-refractivity contribution >= 4 is 33.3 Å². The van der Waals surface area contributed by atoms with Crippen molar-refractivity contribution in [1.29, 1.82) is 0 Å². The molecule has 3 aromatic rings. The topological polar surface area (TPSA) is 103 Å². The molecule has 0 aliphatic carbocycles. The molecule has 0 atom stereocenters. The Hall–Kier alpha value is -2.91. The number of hydrogen-bond donors (Lipinski definition) is 0. The van der Waals surface area contributed by atoms with Crippen molar-refractivity contribution in [1.82, 2.24) is 10.1 Å². The molecule has 1 aliphatic heterocycles. The number of anilines is 1. The van der Waals surface area contributed by atoms with Gasteiger partial charge in [0.15, 0.2) is 6.61 Å². The fourth-order valence-corrected chi connectivity index (χ4v) is 4.64. The average Bonchev–Trinajstić information content (AvgIpc) is 3.32. The fourth-order valence-electron chi connectivity index (χ4n) is 2.96. The van der Waals surface area contributed by atoms with Gasteiger partial charge in [-0.2, -0.15) is 4.98 Å². The van der Waals surface area contributed by atoms with Crippen molar-refractivity contribution in [3.63, 3.8) is 0 Å². The van der Waals surface area contributed by atoms with Gasteiger partial charge in [0.1, 0.15) is 0 Å². The highest BCUT2D eigenvalue weighted by Crippen LogP contribution is 2.25. The molecule has 29 heavy (non-hydrogen) atoms. The maximum atomic E-state index is 12.4. The number of nitrogens with zero attached hydrogens (tertiary/aromatic N) is 3. The third-order valence-electron chi connectivity index (χ3n) is 4.37. The van der Waals surface area contributed by atoms with Gasteiger partial charge in [-0.15, -0.1) is 0 Å². The zero-order chi connectivity index (χ0) is 20.4. The number of rotatable bonds is 5. The molecule has 2 heterocycles. The van der Waals surface area contributed by atoms with Gasteiger partial charge < -0.3 is 9.26 Å². The summed E-state index contributed by atoms with van der Waals surface area (Å²) in [7, 11) is -3.32. The molecule has 0 unspecified atom stereocenters. The first-order valence-electron chi connectivity index (χ1n) is 8.78. The van der Waals surface area contributed by atoms with E-state index in [4.69, 9.17) is 20.9 Å². The van der Waals surface area contributed by atoms with Gasteiger partial charge in [0, 0.05) is 17.1 Å². The van der Waals surface area contributed by atoms with E-state index < -0.39 is 16.0 Å². The summed E-state index contributed by atoms with van der Waals surface area (Å²) in [5.74, 6) is -0.0142. The SMILES string of the molecule is O=C(OCc1nc(-c2ccc(Cl)cc2)no1)c1cccc(N2CCCS2(=O)=O)c1. The van der Waals surface area contributed by atoms with E-state index in [-0.39, 0.29) is 23.8 Å². The molecule has 1 saturated heterocycles. The smallest absolute Gasteiger partial charge is 0.338 e. The van der Waals surface area contributed by atoms with Crippen LogP contribution in [0.3, 0.4) is 0 Å². The van der Waals surface area contributed by atoms with Crippen LogP contribution in [-0.2, 0) is 21.4 Å². The minimum absolute atomic E-state index is 0.106. The van der Waals surface area contributed by atoms with Crippen LogP contribution >= 0.6 is 11.6 Å². The van der Waals surface area contributed by atoms with Crippen LogP contribution in [0.1, 0.15) is 22.7 Å². The average molecular weight is 434 g/mol. The summed E-state index contributed by atoms with van der Waals surface area (Å²) in [6.07, 6.45) is 0.560. The second-order valence-corrected chi connectivity index (χ2v) is 8.84. The number of esters is 1. The summed E-state index contributed by atoms with van der Waals surface area (Å²) in [5, 5.41) is 4.45. The van der Waals surface area contributed by atoms with E-state index in [0.717, 1.165) is 5.56 Å². The van der Waals surface area contributed by atoms with Crippen molar-refractivity contribution < 1.29 is 22.5 Å². The number of ether oxygens (including phenoxy) is 1. The van der Waals surface area contributed by atoms with Crippen LogP contribution in [0.25, 0.3) is 11.4 Å². The van der Waals surface area contributed by atoms with Crippen molar-refractivity contribution in [2.45, 2.75) is 13.0 Å². The van der Waals surface area contributed by atoms with E-state index in [9.17, 15) is 13.2 Å². The van der Waals surface area contributed by atoms with Crippen molar-refractivity contribution in [2.24, 2.45) is 0 Å². The van der Waals surface area contributed by atoms with Crippen molar-refractivity contribution in [3.05, 3.63) is 65.0 Å². The Kier molecular flexibility index (Phi) is 5.25. The van der Waals surface area contributed by atoms with Gasteiger partial charge in [-0.3, -0.25) is 4.31 Å². The number of halogens is 1. The predicted octanol–water partition coefficient (Wildman–Crippen LogP) is 3.29. The number of aromatic nitrogens is 2. The molecule has 1 aliphatic rings. The van der Waals surface area contributed by atoms with Crippen LogP contribution in [0.5, 0.6) is 0 Å². The quantitative estimate of drug-likeness (QED) is 0.569. The van der Waals surface area contributed by atoms with E-state index in [1.165, 1.54) is 10.4 Å². The summed E-state index contributed by atoms with van der Waals surface area (Å²) in [5.41, 5.74) is 1.40. The molecule has 0 bridgehead atoms. The molecular formula is C19H16ClN3O5S. The third-order valence-corrected chi connectivity index (χ3v) is 6.49. The van der Waals surface area contributed by atoms with Gasteiger partial charge in [-0.1, -0.05) is 22.8 Å². The van der Waals surface area contributed by atoms with Gasteiger partial charge in [-0.25, -0.2) is 13.2 Å². The van der Waals surface area contributed by atoms with E-state index in [1.807, 2.05) is 0 Å². The van der Waals surface area contributed by atoms with Crippen LogP contribution in [0.15, 0.2) is 53.1 Å². The number of sulfonamides is 1. The van der Waals surface area contributed by atoms with E-state index >= 15 is 0 Å². The lowest BCUT2D eigenvalue weighted by Crippen LogP contribution is -2.25. The van der Waals surface area contributed by atoms with Crippen LogP contribution in [0, 0.1) is 0 Å². The Morgan fingerprint density at radius 1 is 1.21 bits per heavy atom. The van der Waals surface area contributed by atoms with Gasteiger partial charge in [0.2, 0.25) is 15.8 Å². The lowest BCUT2D eigenvalue weighted by Gasteiger charge is -2.17. The summed E-state index contributed by atoms with van der Waals surface area (Å²) in [6.45, 7) is 0.196. The summed E-state index contributed by atoms with van der Waals surface area (Å²) in [4.78, 5) is 16.6. The molecule has 1 fully saturated rings. The first kappa shape index (κ1) is 19.4. The molecule has 150 valence electrons. The Balaban J connectivity index is 1.43. The van der Waals surface area contributed by atoms with Crippen LogP contribution in [0.4, 0.5) is 5.69 Å². The minimum atomic E-state index is -3.32. The molecule has 0 radical (unpaired) electrons. The molecule has 0 saturated carbocycles. The van der Waals surface area contributed by atoms with Gasteiger partial charge in [-0.05, 0) is 48.9 Å². The Morgan fingerprint density at radius 3 is 2.72 bits per heavy atom. The Bertz CT molecular complexity index is 1140. The predicted molar refractivity (Wildman–Crippen MR) is 106 cm³/mol. The highest BCUT2D eigenvalue weighted by atomic mass is 35.5. The lowest BCUT2D eigenvalue weighted by molar-refractivity contribution is 0.0430. The number of hydrogen-bond acceptors (Lipinski definition) is 7. The zero-order valence-electron chi connectivity index (χ0n) is 15.1. The zero-order valence-corrected chi connectivity index (χ0v) is 16.7. The molecule has 0 spiro atoms. The van der Waals surface area contributed by atoms with E-state index in [1.54, 1.807) is 42.5 Å². The standard InChI is InChI=1S/C19H16ClN3O5S/c20-15-7-5-13(6-8-15)18-21-17(28-22-18)12-27-19(24)14-3-1-4-16(11-14)23-9-2-10-29(23,25)26/h1,3-8,11H,2,9-10,12H2. The second kappa shape index (κ2) is 7.84. The molecule has 4 rings (SSSR count). The van der Waals surface area contributed by atoms with Crippen molar-refractivity contribution in [2.75, 3.05) is 16.6 Å². The second-order valence-electron chi connectivity index (χ2n) is 6.39. The Morgan fingerprint density at radius 2 is 2.00 bits per heavy atom. The third kappa shape index (κ3) is 4.25. The van der Waals surface area contributed by atoms with Crippen molar-refractivity contribution in [3.8, 4) is 11.4 Å². The molecule has 2 aromatic carbocycles. The molecule has 8 nitrogen and oxygen atoms in total. The summed E-state index contributed by atoms with van der Waals surface area (Å²) >= 11 is 5.86. The maximum Gasteiger partial charge on any atom is 0.338 e. The van der Waals surface area contributed by atoms with Gasteiger partial charge >= 0.3 is 5.97 Å². The van der Waals surface area contributed by atoms with E-state index in [0.29, 0.717) is 29.5 Å². The minimum Gasteiger partial charge on any atom is -0.452 e. The van der Waals surface area contributed by atoms with Gasteiger partial charge in [0.05, 0.1) is 17.0 Å². The molecule has 0 N–H and O–H groups in total. The number of carbonyl (C=O) groups excluding carboxylic acids is 1. The molecule has 0 amide bonds. The van der Waals surface area contributed by atoms with Crippen LogP contribution in [-0.4, -0.2) is 36.8 Å². The maximum absolute atomic E-state index is 12.4. The number of benzene rings is 2. The molecular weight excluding hydrogens is 418 g/mol. The summed E-state index contributed by atoms with van der Waals surface area (Å²) in [6, 6.07) is 13.2.